The lowest BCUT2D eigenvalue weighted by Gasteiger charge is -2.09. The number of rotatable bonds is 5. The molecular formula is C25H18BrN3O. The fourth-order valence-corrected chi connectivity index (χ4v) is 3.67. The topological polar surface area (TPSA) is 39.4 Å². The highest BCUT2D eigenvalue weighted by atomic mass is 79.9. The molecule has 0 spiro atoms. The van der Waals surface area contributed by atoms with Crippen molar-refractivity contribution in [1.29, 1.82) is 0 Å². The SMILES string of the molecule is Brc1ccc(-c2cnn3c(-c4ccc(OCc5ccccc5)cc4)ccnc23)cc1. The molecule has 0 bridgehead atoms. The van der Waals surface area contributed by atoms with E-state index in [4.69, 9.17) is 4.74 Å². The van der Waals surface area contributed by atoms with Crippen molar-refractivity contribution in [1.82, 2.24) is 14.6 Å². The fourth-order valence-electron chi connectivity index (χ4n) is 3.41. The van der Waals surface area contributed by atoms with E-state index in [0.29, 0.717) is 6.61 Å². The van der Waals surface area contributed by atoms with Crippen molar-refractivity contribution in [3.05, 3.63) is 107 Å². The van der Waals surface area contributed by atoms with Gasteiger partial charge in [-0.1, -0.05) is 58.4 Å². The number of hydrogen-bond acceptors (Lipinski definition) is 3. The first-order valence-corrected chi connectivity index (χ1v) is 10.4. The van der Waals surface area contributed by atoms with Crippen LogP contribution < -0.4 is 4.74 Å². The van der Waals surface area contributed by atoms with Crippen LogP contribution in [0.25, 0.3) is 28.0 Å². The molecule has 0 atom stereocenters. The number of ether oxygens (including phenoxy) is 1. The highest BCUT2D eigenvalue weighted by Crippen LogP contribution is 2.28. The maximum Gasteiger partial charge on any atom is 0.163 e. The van der Waals surface area contributed by atoms with Gasteiger partial charge in [0.15, 0.2) is 5.65 Å². The third kappa shape index (κ3) is 3.72. The van der Waals surface area contributed by atoms with Gasteiger partial charge in [0.25, 0.3) is 0 Å². The molecule has 5 heteroatoms. The summed E-state index contributed by atoms with van der Waals surface area (Å²) in [4.78, 5) is 4.57. The summed E-state index contributed by atoms with van der Waals surface area (Å²) in [6.45, 7) is 0.551. The van der Waals surface area contributed by atoms with Crippen LogP contribution in [0.15, 0.2) is 102 Å². The number of nitrogens with zero attached hydrogens (tertiary/aromatic N) is 3. The summed E-state index contributed by atoms with van der Waals surface area (Å²) in [6, 6.07) is 28.4. The molecule has 5 rings (SSSR count). The van der Waals surface area contributed by atoms with Gasteiger partial charge >= 0.3 is 0 Å². The molecule has 0 fully saturated rings. The Labute approximate surface area is 182 Å². The maximum absolute atomic E-state index is 5.90. The zero-order chi connectivity index (χ0) is 20.3. The number of hydrogen-bond donors (Lipinski definition) is 0. The van der Waals surface area contributed by atoms with Crippen molar-refractivity contribution in [3.8, 4) is 28.1 Å². The molecule has 3 aromatic carbocycles. The van der Waals surface area contributed by atoms with Gasteiger partial charge < -0.3 is 4.74 Å². The lowest BCUT2D eigenvalue weighted by atomic mass is 10.1. The Kier molecular flexibility index (Phi) is 5.03. The smallest absolute Gasteiger partial charge is 0.163 e. The Morgan fingerprint density at radius 1 is 0.800 bits per heavy atom. The van der Waals surface area contributed by atoms with E-state index in [-0.39, 0.29) is 0 Å². The van der Waals surface area contributed by atoms with Crippen LogP contribution in [0, 0.1) is 0 Å². The van der Waals surface area contributed by atoms with E-state index in [1.54, 1.807) is 0 Å². The van der Waals surface area contributed by atoms with Gasteiger partial charge in [-0.25, -0.2) is 9.50 Å². The maximum atomic E-state index is 5.90. The van der Waals surface area contributed by atoms with Gasteiger partial charge in [-0.05, 0) is 53.6 Å². The zero-order valence-electron chi connectivity index (χ0n) is 16.1. The molecule has 4 nitrogen and oxygen atoms in total. The molecule has 0 saturated carbocycles. The number of benzene rings is 3. The average molecular weight is 456 g/mol. The van der Waals surface area contributed by atoms with Crippen LogP contribution in [0.2, 0.25) is 0 Å². The summed E-state index contributed by atoms with van der Waals surface area (Å²) in [6.07, 6.45) is 3.70. The Hall–Kier alpha value is -3.44. The van der Waals surface area contributed by atoms with Crippen molar-refractivity contribution >= 4 is 21.6 Å². The van der Waals surface area contributed by atoms with Crippen molar-refractivity contribution < 1.29 is 4.74 Å². The van der Waals surface area contributed by atoms with Gasteiger partial charge in [-0.3, -0.25) is 0 Å². The fraction of sp³-hybridized carbons (Fsp3) is 0.0400. The number of aromatic nitrogens is 3. The highest BCUT2D eigenvalue weighted by molar-refractivity contribution is 9.10. The van der Waals surface area contributed by atoms with Crippen LogP contribution >= 0.6 is 15.9 Å². The van der Waals surface area contributed by atoms with Crippen LogP contribution in [-0.2, 0) is 6.61 Å². The zero-order valence-corrected chi connectivity index (χ0v) is 17.7. The van der Waals surface area contributed by atoms with Crippen LogP contribution in [0.5, 0.6) is 5.75 Å². The summed E-state index contributed by atoms with van der Waals surface area (Å²) in [7, 11) is 0. The van der Waals surface area contributed by atoms with Gasteiger partial charge in [-0.15, -0.1) is 0 Å². The van der Waals surface area contributed by atoms with Gasteiger partial charge in [0.05, 0.1) is 11.9 Å². The molecule has 0 amide bonds. The van der Waals surface area contributed by atoms with Crippen LogP contribution in [0.1, 0.15) is 5.56 Å². The standard InChI is InChI=1S/C25H18BrN3O/c26-21-10-6-19(7-11-21)23-16-28-29-24(14-15-27-25(23)29)20-8-12-22(13-9-20)30-17-18-4-2-1-3-5-18/h1-16H,17H2. The normalized spacial score (nSPS) is 11.0. The molecular weight excluding hydrogens is 438 g/mol. The van der Waals surface area contributed by atoms with E-state index < -0.39 is 0 Å². The predicted molar refractivity (Wildman–Crippen MR) is 122 cm³/mol. The third-order valence-electron chi connectivity index (χ3n) is 4.95. The molecule has 0 radical (unpaired) electrons. The Morgan fingerprint density at radius 2 is 1.53 bits per heavy atom. The third-order valence-corrected chi connectivity index (χ3v) is 5.48. The predicted octanol–water partition coefficient (Wildman–Crippen LogP) is 6.40. The molecule has 0 N–H and O–H groups in total. The summed E-state index contributed by atoms with van der Waals surface area (Å²) in [5.74, 6) is 0.837. The second-order valence-corrected chi connectivity index (χ2v) is 7.84. The van der Waals surface area contributed by atoms with Crippen molar-refractivity contribution in [2.75, 3.05) is 0 Å². The lowest BCUT2D eigenvalue weighted by Crippen LogP contribution is -1.97. The summed E-state index contributed by atoms with van der Waals surface area (Å²) in [5.41, 5.74) is 6.11. The van der Waals surface area contributed by atoms with E-state index in [2.05, 4.69) is 62.4 Å². The Morgan fingerprint density at radius 3 is 2.30 bits per heavy atom. The van der Waals surface area contributed by atoms with Gasteiger partial charge in [-0.2, -0.15) is 5.10 Å². The molecule has 30 heavy (non-hydrogen) atoms. The van der Waals surface area contributed by atoms with Crippen LogP contribution in [0.4, 0.5) is 0 Å². The molecule has 0 aliphatic rings. The van der Waals surface area contributed by atoms with E-state index in [0.717, 1.165) is 43.8 Å². The molecule has 0 unspecified atom stereocenters. The number of halogens is 1. The van der Waals surface area contributed by atoms with Gasteiger partial charge in [0.1, 0.15) is 12.4 Å². The molecule has 0 aliphatic heterocycles. The van der Waals surface area contributed by atoms with E-state index in [1.807, 2.05) is 65.4 Å². The van der Waals surface area contributed by atoms with Crippen molar-refractivity contribution in [2.45, 2.75) is 6.61 Å². The van der Waals surface area contributed by atoms with E-state index >= 15 is 0 Å². The molecule has 0 saturated heterocycles. The molecule has 146 valence electrons. The van der Waals surface area contributed by atoms with E-state index in [1.165, 1.54) is 0 Å². The first-order chi connectivity index (χ1) is 14.8. The average Bonchev–Trinajstić information content (AvgIpc) is 3.24. The first-order valence-electron chi connectivity index (χ1n) is 9.64. The Bertz CT molecular complexity index is 1280. The molecule has 2 heterocycles. The highest BCUT2D eigenvalue weighted by Gasteiger charge is 2.12. The largest absolute Gasteiger partial charge is 0.489 e. The monoisotopic (exact) mass is 455 g/mol. The number of fused-ring (bicyclic) bond motifs is 1. The summed E-state index contributed by atoms with van der Waals surface area (Å²) >= 11 is 3.48. The molecule has 2 aromatic heterocycles. The first kappa shape index (κ1) is 18.6. The quantitative estimate of drug-likeness (QED) is 0.307. The van der Waals surface area contributed by atoms with Crippen LogP contribution in [-0.4, -0.2) is 14.6 Å². The van der Waals surface area contributed by atoms with Crippen molar-refractivity contribution in [3.63, 3.8) is 0 Å². The van der Waals surface area contributed by atoms with Gasteiger partial charge in [0, 0.05) is 21.8 Å². The second kappa shape index (κ2) is 8.13. The minimum Gasteiger partial charge on any atom is -0.489 e. The lowest BCUT2D eigenvalue weighted by molar-refractivity contribution is 0.306. The van der Waals surface area contributed by atoms with E-state index in [9.17, 15) is 0 Å². The molecule has 5 aromatic rings. The minimum absolute atomic E-state index is 0.551. The second-order valence-electron chi connectivity index (χ2n) is 6.93. The summed E-state index contributed by atoms with van der Waals surface area (Å²) < 4.78 is 8.84. The minimum atomic E-state index is 0.551. The Balaban J connectivity index is 1.43. The van der Waals surface area contributed by atoms with Crippen LogP contribution in [0.3, 0.4) is 0 Å². The summed E-state index contributed by atoms with van der Waals surface area (Å²) in [5, 5.41) is 4.60. The molecule has 0 aliphatic carbocycles. The van der Waals surface area contributed by atoms with Crippen molar-refractivity contribution in [2.24, 2.45) is 0 Å². The van der Waals surface area contributed by atoms with Gasteiger partial charge in [0.2, 0.25) is 0 Å².